The smallest absolute Gasteiger partial charge is 0.345 e. The fourth-order valence-corrected chi connectivity index (χ4v) is 3.84. The van der Waals surface area contributed by atoms with Crippen LogP contribution in [0.15, 0.2) is 23.0 Å². The summed E-state index contributed by atoms with van der Waals surface area (Å²) in [6.07, 6.45) is 1.36. The summed E-state index contributed by atoms with van der Waals surface area (Å²) in [4.78, 5) is 37.8. The normalized spacial score (nSPS) is 14.8. The zero-order valence-electron chi connectivity index (χ0n) is 17.5. The van der Waals surface area contributed by atoms with Crippen molar-refractivity contribution in [3.05, 3.63) is 55.7 Å². The number of nitro benzene ring substituents is 1. The van der Waals surface area contributed by atoms with E-state index in [1.54, 1.807) is 35.6 Å². The summed E-state index contributed by atoms with van der Waals surface area (Å²) < 4.78 is 8.16. The van der Waals surface area contributed by atoms with Crippen LogP contribution in [0, 0.1) is 17.0 Å². The van der Waals surface area contributed by atoms with E-state index in [2.05, 4.69) is 5.10 Å². The number of hydrogen-bond acceptors (Lipinski definition) is 6. The monoisotopic (exact) mass is 417 g/mol. The topological polar surface area (TPSA) is 112 Å². The summed E-state index contributed by atoms with van der Waals surface area (Å²) in [6.45, 7) is 5.93. The molecule has 1 amide bonds. The number of piperidine rings is 1. The minimum atomic E-state index is -0.470. The number of nitro groups is 1. The summed E-state index contributed by atoms with van der Waals surface area (Å²) >= 11 is 0. The van der Waals surface area contributed by atoms with Crippen LogP contribution in [0.5, 0.6) is 0 Å². The molecule has 0 atom stereocenters. The number of aryl methyl sites for hydroxylation is 1. The highest BCUT2D eigenvalue weighted by Gasteiger charge is 2.29. The molecule has 0 radical (unpaired) electrons. The van der Waals surface area contributed by atoms with Crippen LogP contribution >= 0.6 is 0 Å². The van der Waals surface area contributed by atoms with Gasteiger partial charge in [0.1, 0.15) is 5.82 Å². The lowest BCUT2D eigenvalue weighted by Gasteiger charge is -2.31. The van der Waals surface area contributed by atoms with Gasteiger partial charge in [0.2, 0.25) is 0 Å². The molecule has 0 spiro atoms. The van der Waals surface area contributed by atoms with Crippen molar-refractivity contribution in [1.29, 1.82) is 0 Å². The molecule has 162 valence electrons. The van der Waals surface area contributed by atoms with E-state index in [4.69, 9.17) is 4.74 Å². The number of methoxy groups -OCH3 is 1. The van der Waals surface area contributed by atoms with Crippen LogP contribution < -0.4 is 5.69 Å². The van der Waals surface area contributed by atoms with Crippen LogP contribution in [0.4, 0.5) is 5.69 Å². The summed E-state index contributed by atoms with van der Waals surface area (Å²) in [7, 11) is 1.58. The molecule has 3 rings (SSSR count). The van der Waals surface area contributed by atoms with Crippen LogP contribution in [-0.2, 0) is 17.8 Å². The van der Waals surface area contributed by atoms with Gasteiger partial charge in [-0.3, -0.25) is 19.5 Å². The van der Waals surface area contributed by atoms with Gasteiger partial charge < -0.3 is 9.64 Å². The summed E-state index contributed by atoms with van der Waals surface area (Å²) in [5.41, 5.74) is 0.649. The minimum Gasteiger partial charge on any atom is -0.383 e. The van der Waals surface area contributed by atoms with Crippen molar-refractivity contribution in [2.75, 3.05) is 26.8 Å². The molecule has 30 heavy (non-hydrogen) atoms. The van der Waals surface area contributed by atoms with Gasteiger partial charge in [0, 0.05) is 49.9 Å². The van der Waals surface area contributed by atoms with Gasteiger partial charge in [0.05, 0.1) is 18.1 Å². The SMILES string of the molecule is CCn1c(C2CCN(C(=O)c3ccc(C)c([N+](=O)[O-])c3)CC2)nn(CCOC)c1=O. The van der Waals surface area contributed by atoms with E-state index in [9.17, 15) is 19.7 Å². The largest absolute Gasteiger partial charge is 0.383 e. The minimum absolute atomic E-state index is 0.0516. The van der Waals surface area contributed by atoms with Crippen LogP contribution in [0.2, 0.25) is 0 Å². The van der Waals surface area contributed by atoms with Crippen LogP contribution in [0.25, 0.3) is 0 Å². The molecular weight excluding hydrogens is 390 g/mol. The number of carbonyl (C=O) groups is 1. The van der Waals surface area contributed by atoms with Gasteiger partial charge in [-0.1, -0.05) is 6.07 Å². The van der Waals surface area contributed by atoms with E-state index in [0.29, 0.717) is 56.8 Å². The molecule has 1 fully saturated rings. The molecule has 1 aliphatic heterocycles. The van der Waals surface area contributed by atoms with Crippen LogP contribution in [0.1, 0.15) is 47.4 Å². The van der Waals surface area contributed by atoms with Gasteiger partial charge in [-0.25, -0.2) is 9.48 Å². The van der Waals surface area contributed by atoms with E-state index in [0.717, 1.165) is 5.82 Å². The van der Waals surface area contributed by atoms with Crippen molar-refractivity contribution in [3.8, 4) is 0 Å². The van der Waals surface area contributed by atoms with Gasteiger partial charge in [0.25, 0.3) is 11.6 Å². The molecule has 1 saturated heterocycles. The van der Waals surface area contributed by atoms with Gasteiger partial charge in [-0.05, 0) is 32.8 Å². The molecule has 2 aromatic rings. The van der Waals surface area contributed by atoms with Crippen molar-refractivity contribution in [3.63, 3.8) is 0 Å². The van der Waals surface area contributed by atoms with Crippen LogP contribution in [-0.4, -0.2) is 56.9 Å². The number of likely N-dealkylation sites (tertiary alicyclic amines) is 1. The third-order valence-electron chi connectivity index (χ3n) is 5.57. The van der Waals surface area contributed by atoms with Gasteiger partial charge in [-0.2, -0.15) is 5.10 Å². The van der Waals surface area contributed by atoms with Crippen molar-refractivity contribution in [2.24, 2.45) is 0 Å². The third-order valence-corrected chi connectivity index (χ3v) is 5.57. The van der Waals surface area contributed by atoms with Gasteiger partial charge in [-0.15, -0.1) is 0 Å². The Morgan fingerprint density at radius 1 is 1.33 bits per heavy atom. The second kappa shape index (κ2) is 9.21. The number of aromatic nitrogens is 3. The molecule has 0 unspecified atom stereocenters. The number of rotatable bonds is 7. The molecule has 1 aromatic heterocycles. The zero-order chi connectivity index (χ0) is 21.8. The second-order valence-corrected chi connectivity index (χ2v) is 7.43. The fourth-order valence-electron chi connectivity index (χ4n) is 3.84. The highest BCUT2D eigenvalue weighted by atomic mass is 16.6. The second-order valence-electron chi connectivity index (χ2n) is 7.43. The van der Waals surface area contributed by atoms with Gasteiger partial charge >= 0.3 is 5.69 Å². The Balaban J connectivity index is 1.72. The molecule has 1 aliphatic rings. The van der Waals surface area contributed by atoms with E-state index >= 15 is 0 Å². The van der Waals surface area contributed by atoms with Gasteiger partial charge in [0.15, 0.2) is 0 Å². The predicted octanol–water partition coefficient (Wildman–Crippen LogP) is 1.95. The third kappa shape index (κ3) is 4.28. The maximum absolute atomic E-state index is 12.8. The lowest BCUT2D eigenvalue weighted by atomic mass is 9.95. The number of hydrogen-bond donors (Lipinski definition) is 0. The number of nitrogens with zero attached hydrogens (tertiary/aromatic N) is 5. The first-order chi connectivity index (χ1) is 14.4. The van der Waals surface area contributed by atoms with Crippen molar-refractivity contribution in [2.45, 2.75) is 45.7 Å². The van der Waals surface area contributed by atoms with Crippen molar-refractivity contribution < 1.29 is 14.5 Å². The quantitative estimate of drug-likeness (QED) is 0.503. The lowest BCUT2D eigenvalue weighted by Crippen LogP contribution is -2.38. The highest BCUT2D eigenvalue weighted by Crippen LogP contribution is 2.28. The van der Waals surface area contributed by atoms with E-state index < -0.39 is 4.92 Å². The average Bonchev–Trinajstić information content (AvgIpc) is 3.07. The highest BCUT2D eigenvalue weighted by molar-refractivity contribution is 5.95. The van der Waals surface area contributed by atoms with E-state index in [1.165, 1.54) is 10.7 Å². The Labute approximate surface area is 174 Å². The Morgan fingerprint density at radius 2 is 2.03 bits per heavy atom. The zero-order valence-corrected chi connectivity index (χ0v) is 17.5. The molecule has 2 heterocycles. The Bertz CT molecular complexity index is 988. The average molecular weight is 417 g/mol. The molecule has 0 saturated carbocycles. The molecule has 0 N–H and O–H groups in total. The number of benzene rings is 1. The van der Waals surface area contributed by atoms with E-state index in [-0.39, 0.29) is 23.2 Å². The number of carbonyl (C=O) groups excluding carboxylic acids is 1. The first-order valence-corrected chi connectivity index (χ1v) is 10.1. The molecule has 0 aliphatic carbocycles. The molecule has 10 heteroatoms. The maximum atomic E-state index is 12.8. The first-order valence-electron chi connectivity index (χ1n) is 10.1. The maximum Gasteiger partial charge on any atom is 0.345 e. The first kappa shape index (κ1) is 21.7. The molecule has 0 bridgehead atoms. The fraction of sp³-hybridized carbons (Fsp3) is 0.550. The predicted molar refractivity (Wildman–Crippen MR) is 110 cm³/mol. The number of ether oxygens (including phenoxy) is 1. The molecular formula is C20H27N5O5. The Morgan fingerprint density at radius 3 is 2.63 bits per heavy atom. The van der Waals surface area contributed by atoms with E-state index in [1.807, 2.05) is 6.92 Å². The molecule has 1 aromatic carbocycles. The standard InChI is InChI=1S/C20H27N5O5/c1-4-23-18(21-24(20(23)27)11-12-30-3)15-7-9-22(10-8-15)19(26)16-6-5-14(2)17(13-16)25(28)29/h5-6,13,15H,4,7-12H2,1-3H3. The summed E-state index contributed by atoms with van der Waals surface area (Å²) in [5, 5.41) is 15.7. The summed E-state index contributed by atoms with van der Waals surface area (Å²) in [6, 6.07) is 4.57. The summed E-state index contributed by atoms with van der Waals surface area (Å²) in [5.74, 6) is 0.615. The Kier molecular flexibility index (Phi) is 6.66. The van der Waals surface area contributed by atoms with Crippen molar-refractivity contribution >= 4 is 11.6 Å². The number of amides is 1. The van der Waals surface area contributed by atoms with Crippen LogP contribution in [0.3, 0.4) is 0 Å². The lowest BCUT2D eigenvalue weighted by molar-refractivity contribution is -0.385. The Hall–Kier alpha value is -3.01. The molecule has 10 nitrogen and oxygen atoms in total. The van der Waals surface area contributed by atoms with Crippen molar-refractivity contribution in [1.82, 2.24) is 19.2 Å².